The summed E-state index contributed by atoms with van der Waals surface area (Å²) in [5.74, 6) is 1.39. The molecule has 1 aromatic heterocycles. The number of hydrogen-bond donors (Lipinski definition) is 1. The molecule has 1 fully saturated rings. The van der Waals surface area contributed by atoms with Gasteiger partial charge in [-0.05, 0) is 91.7 Å². The maximum Gasteiger partial charge on any atom is 0.241 e. The number of nitrogens with zero attached hydrogens (tertiary/aromatic N) is 3. The fourth-order valence-electron chi connectivity index (χ4n) is 3.80. The van der Waals surface area contributed by atoms with E-state index in [0.717, 1.165) is 48.3 Å². The van der Waals surface area contributed by atoms with Crippen molar-refractivity contribution in [1.29, 1.82) is 0 Å². The van der Waals surface area contributed by atoms with Crippen LogP contribution in [0.5, 0.6) is 0 Å². The van der Waals surface area contributed by atoms with Crippen molar-refractivity contribution in [3.8, 4) is 11.4 Å². The number of benzene rings is 2. The molecule has 2 aromatic carbocycles. The molecule has 0 bridgehead atoms. The number of halogens is 1. The van der Waals surface area contributed by atoms with Crippen molar-refractivity contribution in [2.75, 3.05) is 18.4 Å². The molecular weight excluding hydrogens is 491 g/mol. The van der Waals surface area contributed by atoms with Gasteiger partial charge in [0, 0.05) is 20.7 Å². The summed E-state index contributed by atoms with van der Waals surface area (Å²) in [6.07, 6.45) is 1.65. The Labute approximate surface area is 190 Å². The number of aromatic nitrogens is 2. The second-order valence-electron chi connectivity index (χ2n) is 7.83. The lowest BCUT2D eigenvalue weighted by Gasteiger charge is -2.30. The van der Waals surface area contributed by atoms with Crippen LogP contribution in [-0.4, -0.2) is 34.0 Å². The van der Waals surface area contributed by atoms with Crippen LogP contribution in [0.4, 0.5) is 5.69 Å². The zero-order chi connectivity index (χ0) is 21.1. The van der Waals surface area contributed by atoms with Crippen molar-refractivity contribution in [3.63, 3.8) is 0 Å². The Morgan fingerprint density at radius 2 is 1.93 bits per heavy atom. The van der Waals surface area contributed by atoms with Crippen molar-refractivity contribution in [2.45, 2.75) is 33.2 Å². The molecule has 3 aromatic rings. The fourth-order valence-corrected chi connectivity index (χ4v) is 4.45. The number of nitrogens with one attached hydrogen (secondary N) is 1. The Hall–Kier alpha value is -2.26. The van der Waals surface area contributed by atoms with Gasteiger partial charge in [-0.25, -0.2) is 0 Å². The van der Waals surface area contributed by atoms with E-state index < -0.39 is 0 Å². The van der Waals surface area contributed by atoms with Crippen molar-refractivity contribution < 1.29 is 9.32 Å². The summed E-state index contributed by atoms with van der Waals surface area (Å²) in [4.78, 5) is 19.5. The lowest BCUT2D eigenvalue weighted by molar-refractivity contribution is -0.121. The van der Waals surface area contributed by atoms with Gasteiger partial charge in [-0.3, -0.25) is 9.69 Å². The van der Waals surface area contributed by atoms with Gasteiger partial charge < -0.3 is 9.84 Å². The average Bonchev–Trinajstić information content (AvgIpc) is 3.19. The number of amides is 1. The number of aryl methyl sites for hydroxylation is 2. The van der Waals surface area contributed by atoms with Crippen LogP contribution < -0.4 is 5.32 Å². The largest absolute Gasteiger partial charge is 0.338 e. The summed E-state index contributed by atoms with van der Waals surface area (Å²) in [7, 11) is 0. The van der Waals surface area contributed by atoms with Crippen LogP contribution in [-0.2, 0) is 11.3 Å². The highest BCUT2D eigenvalue weighted by Crippen LogP contribution is 2.24. The van der Waals surface area contributed by atoms with E-state index in [9.17, 15) is 4.79 Å². The van der Waals surface area contributed by atoms with Crippen molar-refractivity contribution in [1.82, 2.24) is 15.0 Å². The first kappa shape index (κ1) is 21.0. The van der Waals surface area contributed by atoms with E-state index >= 15 is 0 Å². The number of hydrogen-bond acceptors (Lipinski definition) is 5. The monoisotopic (exact) mass is 516 g/mol. The first-order valence-corrected chi connectivity index (χ1v) is 11.3. The summed E-state index contributed by atoms with van der Waals surface area (Å²) in [5.41, 5.74) is 4.11. The number of carbonyl (C=O) groups is 1. The first-order valence-electron chi connectivity index (χ1n) is 10.2. The van der Waals surface area contributed by atoms with Crippen LogP contribution in [0.1, 0.15) is 29.9 Å². The quantitative estimate of drug-likeness (QED) is 0.493. The molecule has 1 aliphatic heterocycles. The molecule has 30 heavy (non-hydrogen) atoms. The van der Waals surface area contributed by atoms with Gasteiger partial charge in [0.25, 0.3) is 0 Å². The summed E-state index contributed by atoms with van der Waals surface area (Å²) in [6.45, 7) is 6.36. The molecule has 156 valence electrons. The number of carbonyl (C=O) groups excluding carboxylic acids is 1. The molecule has 7 heteroatoms. The van der Waals surface area contributed by atoms with Crippen molar-refractivity contribution >= 4 is 34.2 Å². The molecule has 1 saturated heterocycles. The number of piperidine rings is 1. The highest BCUT2D eigenvalue weighted by Gasteiger charge is 2.26. The van der Waals surface area contributed by atoms with Gasteiger partial charge in [0.05, 0.1) is 6.54 Å². The Balaban J connectivity index is 1.31. The fraction of sp³-hybridized carbons (Fsp3) is 0.348. The van der Waals surface area contributed by atoms with E-state index in [2.05, 4.69) is 49.0 Å². The molecule has 2 heterocycles. The molecule has 0 unspecified atom stereocenters. The Morgan fingerprint density at radius 3 is 2.67 bits per heavy atom. The Kier molecular flexibility index (Phi) is 6.48. The molecule has 0 radical (unpaired) electrons. The average molecular weight is 516 g/mol. The van der Waals surface area contributed by atoms with Gasteiger partial charge in [-0.1, -0.05) is 29.4 Å². The van der Waals surface area contributed by atoms with Gasteiger partial charge in [0.15, 0.2) is 0 Å². The predicted molar refractivity (Wildman–Crippen MR) is 125 cm³/mol. The van der Waals surface area contributed by atoms with E-state index in [4.69, 9.17) is 4.52 Å². The topological polar surface area (TPSA) is 71.3 Å². The molecule has 1 amide bonds. The zero-order valence-corrected chi connectivity index (χ0v) is 19.3. The molecule has 0 saturated carbocycles. The third kappa shape index (κ3) is 4.89. The number of likely N-dealkylation sites (tertiary alicyclic amines) is 1. The van der Waals surface area contributed by atoms with Gasteiger partial charge in [-0.2, -0.15) is 4.98 Å². The Morgan fingerprint density at radius 1 is 1.17 bits per heavy atom. The van der Waals surface area contributed by atoms with E-state index in [1.165, 1.54) is 3.57 Å². The smallest absolute Gasteiger partial charge is 0.241 e. The number of anilines is 1. The van der Waals surface area contributed by atoms with Crippen LogP contribution in [0, 0.1) is 23.3 Å². The maximum absolute atomic E-state index is 12.7. The second kappa shape index (κ2) is 9.26. The van der Waals surface area contributed by atoms with Gasteiger partial charge in [0.2, 0.25) is 17.6 Å². The third-order valence-electron chi connectivity index (χ3n) is 5.62. The summed E-state index contributed by atoms with van der Waals surface area (Å²) < 4.78 is 6.64. The minimum atomic E-state index is 0.0325. The molecule has 0 spiro atoms. The van der Waals surface area contributed by atoms with Crippen LogP contribution in [0.2, 0.25) is 0 Å². The van der Waals surface area contributed by atoms with Gasteiger partial charge >= 0.3 is 0 Å². The second-order valence-corrected chi connectivity index (χ2v) is 9.07. The lowest BCUT2D eigenvalue weighted by atomic mass is 9.95. The summed E-state index contributed by atoms with van der Waals surface area (Å²) in [6, 6.07) is 14.1. The zero-order valence-electron chi connectivity index (χ0n) is 17.2. The van der Waals surface area contributed by atoms with Crippen LogP contribution >= 0.6 is 22.6 Å². The minimum Gasteiger partial charge on any atom is -0.338 e. The maximum atomic E-state index is 12.7. The van der Waals surface area contributed by atoms with Crippen LogP contribution in [0.15, 0.2) is 47.0 Å². The minimum absolute atomic E-state index is 0.0325. The number of rotatable bonds is 5. The molecule has 4 rings (SSSR count). The van der Waals surface area contributed by atoms with Crippen molar-refractivity contribution in [2.24, 2.45) is 5.92 Å². The van der Waals surface area contributed by atoms with Crippen molar-refractivity contribution in [3.05, 3.63) is 63.1 Å². The molecule has 6 nitrogen and oxygen atoms in total. The molecule has 1 aliphatic rings. The first-order chi connectivity index (χ1) is 14.5. The molecule has 1 N–H and O–H groups in total. The molecule has 0 atom stereocenters. The van der Waals surface area contributed by atoms with Crippen LogP contribution in [0.3, 0.4) is 0 Å². The standard InChI is InChI=1S/C23H25IN4O2/c1-15-5-3-4-6-19(15)22-26-21(30-27-22)14-28-11-9-17(10-12-28)23(29)25-20-8-7-18(24)13-16(20)2/h3-8,13,17H,9-12,14H2,1-2H3,(H,25,29). The third-order valence-corrected chi connectivity index (χ3v) is 6.29. The highest BCUT2D eigenvalue weighted by molar-refractivity contribution is 14.1. The van der Waals surface area contributed by atoms with Gasteiger partial charge in [0.1, 0.15) is 0 Å². The highest BCUT2D eigenvalue weighted by atomic mass is 127. The summed E-state index contributed by atoms with van der Waals surface area (Å²) in [5, 5.41) is 7.24. The van der Waals surface area contributed by atoms with E-state index in [-0.39, 0.29) is 11.8 Å². The van der Waals surface area contributed by atoms with E-state index in [1.54, 1.807) is 0 Å². The molecule has 0 aliphatic carbocycles. The molecular formula is C23H25IN4O2. The van der Waals surface area contributed by atoms with E-state index in [1.807, 2.05) is 50.2 Å². The van der Waals surface area contributed by atoms with E-state index in [0.29, 0.717) is 18.3 Å². The summed E-state index contributed by atoms with van der Waals surface area (Å²) >= 11 is 2.28. The SMILES string of the molecule is Cc1cc(I)ccc1NC(=O)C1CCN(Cc2nc(-c3ccccc3C)no2)CC1. The predicted octanol–water partition coefficient (Wildman–Crippen LogP) is 4.81. The lowest BCUT2D eigenvalue weighted by Crippen LogP contribution is -2.37. The Bertz CT molecular complexity index is 1040. The normalized spacial score (nSPS) is 15.3. The van der Waals surface area contributed by atoms with Crippen LogP contribution in [0.25, 0.3) is 11.4 Å². The van der Waals surface area contributed by atoms with Gasteiger partial charge in [-0.15, -0.1) is 0 Å².